The predicted octanol–water partition coefficient (Wildman–Crippen LogP) is 0.914. The number of thiophene rings is 1. The summed E-state index contributed by atoms with van der Waals surface area (Å²) < 4.78 is 4.70. The van der Waals surface area contributed by atoms with Crippen LogP contribution in [0.3, 0.4) is 0 Å². The standard InChI is InChI=1S/C8H6O4S/c9-7(10)5-3-4-1-2-13-6(4)8(11)12-5/h1-2,5H,3H2,(H,9,10)/t5-/m0/s1. The van der Waals surface area contributed by atoms with Gasteiger partial charge in [0, 0.05) is 6.42 Å². The van der Waals surface area contributed by atoms with Gasteiger partial charge in [-0.15, -0.1) is 11.3 Å². The molecule has 1 aliphatic rings. The van der Waals surface area contributed by atoms with Crippen molar-refractivity contribution in [2.45, 2.75) is 12.5 Å². The molecule has 1 aromatic rings. The molecule has 68 valence electrons. The summed E-state index contributed by atoms with van der Waals surface area (Å²) in [4.78, 5) is 22.3. The summed E-state index contributed by atoms with van der Waals surface area (Å²) in [5.74, 6) is -1.62. The van der Waals surface area contributed by atoms with Gasteiger partial charge in [0.05, 0.1) is 0 Å². The van der Waals surface area contributed by atoms with Crippen LogP contribution in [-0.4, -0.2) is 23.1 Å². The number of carboxylic acid groups (broad SMARTS) is 1. The minimum Gasteiger partial charge on any atom is -0.478 e. The van der Waals surface area contributed by atoms with Crippen LogP contribution in [0.5, 0.6) is 0 Å². The number of hydrogen-bond donors (Lipinski definition) is 1. The Morgan fingerprint density at radius 2 is 2.46 bits per heavy atom. The lowest BCUT2D eigenvalue weighted by molar-refractivity contribution is -0.147. The second kappa shape index (κ2) is 2.85. The van der Waals surface area contributed by atoms with Crippen molar-refractivity contribution in [3.8, 4) is 0 Å². The Morgan fingerprint density at radius 1 is 1.69 bits per heavy atom. The van der Waals surface area contributed by atoms with Gasteiger partial charge in [-0.2, -0.15) is 0 Å². The molecule has 0 aliphatic carbocycles. The van der Waals surface area contributed by atoms with E-state index in [1.165, 1.54) is 11.3 Å². The Bertz CT molecular complexity index is 368. The summed E-state index contributed by atoms with van der Waals surface area (Å²) in [5.41, 5.74) is 0.772. The van der Waals surface area contributed by atoms with Crippen molar-refractivity contribution >= 4 is 23.3 Å². The number of esters is 1. The number of carbonyl (C=O) groups is 2. The molecule has 0 radical (unpaired) electrons. The Labute approximate surface area is 77.8 Å². The summed E-state index contributed by atoms with van der Waals surface area (Å²) in [6, 6.07) is 1.76. The molecule has 1 N–H and O–H groups in total. The summed E-state index contributed by atoms with van der Waals surface area (Å²) in [7, 11) is 0. The van der Waals surface area contributed by atoms with E-state index in [1.807, 2.05) is 0 Å². The molecular weight excluding hydrogens is 192 g/mol. The average Bonchev–Trinajstić information content (AvgIpc) is 2.51. The highest BCUT2D eigenvalue weighted by Crippen LogP contribution is 2.25. The molecule has 0 amide bonds. The Kier molecular flexibility index (Phi) is 1.81. The van der Waals surface area contributed by atoms with Crippen LogP contribution in [0, 0.1) is 0 Å². The van der Waals surface area contributed by atoms with E-state index in [1.54, 1.807) is 11.4 Å². The van der Waals surface area contributed by atoms with Gasteiger partial charge in [0.15, 0.2) is 0 Å². The first-order valence-corrected chi connectivity index (χ1v) is 4.56. The second-order valence-corrected chi connectivity index (χ2v) is 3.63. The lowest BCUT2D eigenvalue weighted by Crippen LogP contribution is -2.33. The van der Waals surface area contributed by atoms with Gasteiger partial charge >= 0.3 is 11.9 Å². The largest absolute Gasteiger partial charge is 0.478 e. The maximum atomic E-state index is 11.2. The first-order chi connectivity index (χ1) is 6.18. The van der Waals surface area contributed by atoms with Gasteiger partial charge in [0.1, 0.15) is 4.88 Å². The Morgan fingerprint density at radius 3 is 3.15 bits per heavy atom. The number of fused-ring (bicyclic) bond motifs is 1. The number of rotatable bonds is 1. The van der Waals surface area contributed by atoms with Crippen LogP contribution in [0.2, 0.25) is 0 Å². The molecule has 1 atom stereocenters. The van der Waals surface area contributed by atoms with Crippen molar-refractivity contribution in [1.82, 2.24) is 0 Å². The van der Waals surface area contributed by atoms with Gasteiger partial charge in [-0.25, -0.2) is 9.59 Å². The van der Waals surface area contributed by atoms with Crippen molar-refractivity contribution in [2.75, 3.05) is 0 Å². The lowest BCUT2D eigenvalue weighted by Gasteiger charge is -2.18. The SMILES string of the molecule is O=C1O[C@H](C(=O)O)Cc2ccsc21. The van der Waals surface area contributed by atoms with Gasteiger partial charge in [-0.3, -0.25) is 0 Å². The fourth-order valence-corrected chi connectivity index (χ4v) is 2.05. The van der Waals surface area contributed by atoms with Crippen LogP contribution >= 0.6 is 11.3 Å². The molecule has 0 aromatic carbocycles. The molecule has 0 saturated carbocycles. The second-order valence-electron chi connectivity index (χ2n) is 2.71. The van der Waals surface area contributed by atoms with Gasteiger partial charge in [-0.05, 0) is 17.0 Å². The van der Waals surface area contributed by atoms with E-state index >= 15 is 0 Å². The summed E-state index contributed by atoms with van der Waals surface area (Å²) >= 11 is 1.28. The van der Waals surface area contributed by atoms with Crippen molar-refractivity contribution in [3.05, 3.63) is 21.9 Å². The number of aliphatic carboxylic acids is 1. The third kappa shape index (κ3) is 1.31. The molecule has 5 heteroatoms. The fourth-order valence-electron chi connectivity index (χ4n) is 1.24. The molecule has 13 heavy (non-hydrogen) atoms. The van der Waals surface area contributed by atoms with Crippen molar-refractivity contribution in [1.29, 1.82) is 0 Å². The highest BCUT2D eigenvalue weighted by Gasteiger charge is 2.31. The van der Waals surface area contributed by atoms with Crippen molar-refractivity contribution in [2.24, 2.45) is 0 Å². The molecule has 0 bridgehead atoms. The molecule has 0 saturated heterocycles. The predicted molar refractivity (Wildman–Crippen MR) is 44.9 cm³/mol. The van der Waals surface area contributed by atoms with E-state index in [2.05, 4.69) is 0 Å². The third-order valence-corrected chi connectivity index (χ3v) is 2.80. The highest BCUT2D eigenvalue weighted by molar-refractivity contribution is 7.12. The summed E-state index contributed by atoms with van der Waals surface area (Å²) in [6.07, 6.45) is -0.741. The minimum atomic E-state index is -1.09. The van der Waals surface area contributed by atoms with E-state index in [0.717, 1.165) is 5.56 Å². The van der Waals surface area contributed by atoms with E-state index in [4.69, 9.17) is 9.84 Å². The Hall–Kier alpha value is -1.36. The smallest absolute Gasteiger partial charge is 0.349 e. The molecule has 2 rings (SSSR count). The van der Waals surface area contributed by atoms with E-state index in [9.17, 15) is 9.59 Å². The third-order valence-electron chi connectivity index (χ3n) is 1.86. The normalized spacial score (nSPS) is 20.6. The highest BCUT2D eigenvalue weighted by atomic mass is 32.1. The van der Waals surface area contributed by atoms with E-state index < -0.39 is 18.0 Å². The van der Waals surface area contributed by atoms with Crippen LogP contribution in [0.1, 0.15) is 15.2 Å². The zero-order chi connectivity index (χ0) is 9.42. The molecule has 0 unspecified atom stereocenters. The first-order valence-electron chi connectivity index (χ1n) is 3.68. The molecule has 0 spiro atoms. The van der Waals surface area contributed by atoms with Crippen LogP contribution < -0.4 is 0 Å². The molecular formula is C8H6O4S. The molecule has 4 nitrogen and oxygen atoms in total. The summed E-state index contributed by atoms with van der Waals surface area (Å²) in [5, 5.41) is 10.4. The van der Waals surface area contributed by atoms with Crippen LogP contribution in [0.15, 0.2) is 11.4 Å². The van der Waals surface area contributed by atoms with Crippen LogP contribution in [0.25, 0.3) is 0 Å². The monoisotopic (exact) mass is 198 g/mol. The van der Waals surface area contributed by atoms with Gasteiger partial charge < -0.3 is 9.84 Å². The molecule has 2 heterocycles. The van der Waals surface area contributed by atoms with Gasteiger partial charge in [0.2, 0.25) is 6.10 Å². The average molecular weight is 198 g/mol. The number of carboxylic acids is 1. The van der Waals surface area contributed by atoms with E-state index in [-0.39, 0.29) is 6.42 Å². The number of ether oxygens (including phenoxy) is 1. The quantitative estimate of drug-likeness (QED) is 0.681. The minimum absolute atomic E-state index is 0.278. The number of carbonyl (C=O) groups excluding carboxylic acids is 1. The lowest BCUT2D eigenvalue weighted by atomic mass is 10.1. The van der Waals surface area contributed by atoms with Crippen molar-refractivity contribution < 1.29 is 19.4 Å². The van der Waals surface area contributed by atoms with Crippen LogP contribution in [-0.2, 0) is 16.0 Å². The topological polar surface area (TPSA) is 63.6 Å². The molecule has 0 fully saturated rings. The zero-order valence-electron chi connectivity index (χ0n) is 6.52. The Balaban J connectivity index is 2.34. The van der Waals surface area contributed by atoms with Crippen LogP contribution in [0.4, 0.5) is 0 Å². The molecule has 1 aliphatic heterocycles. The molecule has 1 aromatic heterocycles. The van der Waals surface area contributed by atoms with E-state index in [0.29, 0.717) is 4.88 Å². The maximum absolute atomic E-state index is 11.2. The van der Waals surface area contributed by atoms with Gasteiger partial charge in [-0.1, -0.05) is 0 Å². The van der Waals surface area contributed by atoms with Crippen molar-refractivity contribution in [3.63, 3.8) is 0 Å². The maximum Gasteiger partial charge on any atom is 0.349 e. The number of hydrogen-bond acceptors (Lipinski definition) is 4. The first kappa shape index (κ1) is 8.25. The van der Waals surface area contributed by atoms with Gasteiger partial charge in [0.25, 0.3) is 0 Å². The number of cyclic esters (lactones) is 1. The summed E-state index contributed by atoms with van der Waals surface area (Å²) in [6.45, 7) is 0. The fraction of sp³-hybridized carbons (Fsp3) is 0.250. The zero-order valence-corrected chi connectivity index (χ0v) is 7.34.